The molecule has 3 rings (SSSR count). The van der Waals surface area contributed by atoms with E-state index in [2.05, 4.69) is 53.4 Å². The first-order valence-corrected chi connectivity index (χ1v) is 9.52. The first kappa shape index (κ1) is 21.0. The van der Waals surface area contributed by atoms with Crippen LogP contribution in [0.5, 0.6) is 5.88 Å². The van der Waals surface area contributed by atoms with Crippen molar-refractivity contribution < 1.29 is 24.2 Å². The van der Waals surface area contributed by atoms with E-state index in [1.807, 2.05) is 12.1 Å². The molecule has 3 aromatic rings. The lowest BCUT2D eigenvalue weighted by Gasteiger charge is -2.07. The van der Waals surface area contributed by atoms with Gasteiger partial charge in [-0.3, -0.25) is 4.79 Å². The Morgan fingerprint density at radius 3 is 2.27 bits per heavy atom. The van der Waals surface area contributed by atoms with Crippen LogP contribution in [0.15, 0.2) is 60.8 Å². The second-order valence-corrected chi connectivity index (χ2v) is 6.87. The van der Waals surface area contributed by atoms with Crippen molar-refractivity contribution in [2.24, 2.45) is 0 Å². The third-order valence-corrected chi connectivity index (χ3v) is 4.67. The summed E-state index contributed by atoms with van der Waals surface area (Å²) in [6.45, 7) is 2.87. The second-order valence-electron chi connectivity index (χ2n) is 6.87. The molecule has 0 bridgehead atoms. The van der Waals surface area contributed by atoms with Gasteiger partial charge in [-0.15, -0.1) is 0 Å². The first-order valence-electron chi connectivity index (χ1n) is 9.52. The number of nitrogens with zero attached hydrogens (tertiary/aromatic N) is 1. The molecule has 0 saturated heterocycles. The molecule has 0 atom stereocenters. The van der Waals surface area contributed by atoms with Crippen molar-refractivity contribution in [3.63, 3.8) is 0 Å². The van der Waals surface area contributed by atoms with Crippen molar-refractivity contribution >= 4 is 17.8 Å². The van der Waals surface area contributed by atoms with Gasteiger partial charge in [0.2, 0.25) is 5.88 Å². The maximum Gasteiger partial charge on any atom is 0.512 e. The minimum Gasteiger partial charge on any atom is -0.469 e. The van der Waals surface area contributed by atoms with Gasteiger partial charge in [0.05, 0.1) is 19.2 Å². The fourth-order valence-electron chi connectivity index (χ4n) is 3.01. The Morgan fingerprint density at radius 1 is 1.03 bits per heavy atom. The molecule has 0 aliphatic carbocycles. The molecule has 0 saturated carbocycles. The fourth-order valence-corrected chi connectivity index (χ4v) is 3.01. The van der Waals surface area contributed by atoms with Crippen LogP contribution in [0.25, 0.3) is 11.1 Å². The highest BCUT2D eigenvalue weighted by molar-refractivity contribution is 5.69. The number of methoxy groups -OCH3 is 1. The zero-order chi connectivity index (χ0) is 21.5. The SMILES string of the molecule is COC(=O)CCn1cc(NCc2ccc(-c3ccc(C)cc3)cc2)cc1OC(=O)O. The van der Waals surface area contributed by atoms with Crippen molar-refractivity contribution in [2.45, 2.75) is 26.4 Å². The van der Waals surface area contributed by atoms with Crippen LogP contribution in [0.3, 0.4) is 0 Å². The fraction of sp³-hybridized carbons (Fsp3) is 0.217. The predicted molar refractivity (Wildman–Crippen MR) is 114 cm³/mol. The number of aryl methyl sites for hydroxylation is 2. The molecule has 2 N–H and O–H groups in total. The summed E-state index contributed by atoms with van der Waals surface area (Å²) in [5.41, 5.74) is 5.31. The minimum atomic E-state index is -1.41. The Balaban J connectivity index is 1.65. The lowest BCUT2D eigenvalue weighted by Crippen LogP contribution is -2.10. The van der Waals surface area contributed by atoms with Gasteiger partial charge in [-0.2, -0.15) is 0 Å². The van der Waals surface area contributed by atoms with E-state index in [1.54, 1.807) is 16.8 Å². The summed E-state index contributed by atoms with van der Waals surface area (Å²) in [5.74, 6) is -0.239. The van der Waals surface area contributed by atoms with Gasteiger partial charge in [0.1, 0.15) is 0 Å². The standard InChI is InChI=1S/C23H24N2O5/c1-16-3-7-18(8-4-16)19-9-5-17(6-10-19)14-24-20-13-21(30-23(27)28)25(15-20)12-11-22(26)29-2/h3-10,13,15,24H,11-12,14H2,1-2H3,(H,27,28). The molecule has 0 radical (unpaired) electrons. The smallest absolute Gasteiger partial charge is 0.469 e. The number of carbonyl (C=O) groups is 2. The second kappa shape index (κ2) is 9.65. The summed E-state index contributed by atoms with van der Waals surface area (Å²) in [4.78, 5) is 22.3. The number of hydrogen-bond donors (Lipinski definition) is 2. The largest absolute Gasteiger partial charge is 0.512 e. The molecule has 0 aliphatic rings. The van der Waals surface area contributed by atoms with Crippen LogP contribution in [0, 0.1) is 6.92 Å². The average molecular weight is 408 g/mol. The van der Waals surface area contributed by atoms with Gasteiger partial charge in [-0.25, -0.2) is 4.79 Å². The third kappa shape index (κ3) is 5.64. The lowest BCUT2D eigenvalue weighted by molar-refractivity contribution is -0.140. The van der Waals surface area contributed by atoms with Crippen molar-refractivity contribution in [3.8, 4) is 17.0 Å². The molecule has 0 unspecified atom stereocenters. The Morgan fingerprint density at radius 2 is 1.67 bits per heavy atom. The quantitative estimate of drug-likeness (QED) is 0.525. The summed E-state index contributed by atoms with van der Waals surface area (Å²) < 4.78 is 11.0. The third-order valence-electron chi connectivity index (χ3n) is 4.67. The summed E-state index contributed by atoms with van der Waals surface area (Å²) in [5, 5.41) is 12.2. The topological polar surface area (TPSA) is 89.8 Å². The van der Waals surface area contributed by atoms with E-state index in [-0.39, 0.29) is 24.8 Å². The number of carbonyl (C=O) groups excluding carboxylic acids is 1. The zero-order valence-corrected chi connectivity index (χ0v) is 16.9. The molecule has 1 heterocycles. The van der Waals surface area contributed by atoms with Gasteiger partial charge in [0.25, 0.3) is 0 Å². The molecule has 7 heteroatoms. The maximum atomic E-state index is 11.4. The van der Waals surface area contributed by atoms with Gasteiger partial charge in [0.15, 0.2) is 0 Å². The van der Waals surface area contributed by atoms with E-state index < -0.39 is 6.16 Å². The molecule has 0 fully saturated rings. The molecule has 1 aromatic heterocycles. The van der Waals surface area contributed by atoms with Gasteiger partial charge in [-0.1, -0.05) is 54.1 Å². The summed E-state index contributed by atoms with van der Waals surface area (Å²) in [6.07, 6.45) is 0.411. The van der Waals surface area contributed by atoms with E-state index in [0.717, 1.165) is 11.1 Å². The van der Waals surface area contributed by atoms with Crippen LogP contribution in [0.2, 0.25) is 0 Å². The average Bonchev–Trinajstić information content (AvgIpc) is 3.12. The van der Waals surface area contributed by atoms with Crippen LogP contribution in [0.1, 0.15) is 17.5 Å². The van der Waals surface area contributed by atoms with Gasteiger partial charge >= 0.3 is 12.1 Å². The molecule has 0 spiro atoms. The first-order chi connectivity index (χ1) is 14.4. The lowest BCUT2D eigenvalue weighted by atomic mass is 10.0. The molecule has 2 aromatic carbocycles. The molecule has 30 heavy (non-hydrogen) atoms. The van der Waals surface area contributed by atoms with Crippen LogP contribution in [-0.4, -0.2) is 28.9 Å². The van der Waals surface area contributed by atoms with Crippen molar-refractivity contribution in [2.75, 3.05) is 12.4 Å². The molecule has 156 valence electrons. The number of anilines is 1. The Labute approximate surface area is 174 Å². The van der Waals surface area contributed by atoms with Crippen molar-refractivity contribution in [1.82, 2.24) is 4.57 Å². The number of hydrogen-bond acceptors (Lipinski definition) is 5. The van der Waals surface area contributed by atoms with E-state index >= 15 is 0 Å². The van der Waals surface area contributed by atoms with Crippen LogP contribution in [-0.2, 0) is 22.6 Å². The predicted octanol–water partition coefficient (Wildman–Crippen LogP) is 4.70. The number of ether oxygens (including phenoxy) is 2. The number of carboxylic acid groups (broad SMARTS) is 1. The summed E-state index contributed by atoms with van der Waals surface area (Å²) in [7, 11) is 1.31. The van der Waals surface area contributed by atoms with Crippen molar-refractivity contribution in [1.29, 1.82) is 0 Å². The Bertz CT molecular complexity index is 1010. The molecular formula is C23H24N2O5. The number of esters is 1. The van der Waals surface area contributed by atoms with E-state index in [1.165, 1.54) is 18.2 Å². The van der Waals surface area contributed by atoms with Gasteiger partial charge < -0.3 is 24.5 Å². The summed E-state index contributed by atoms with van der Waals surface area (Å²) >= 11 is 0. The van der Waals surface area contributed by atoms with Gasteiger partial charge in [0, 0.05) is 25.4 Å². The van der Waals surface area contributed by atoms with Gasteiger partial charge in [-0.05, 0) is 23.6 Å². The number of aromatic nitrogens is 1. The van der Waals surface area contributed by atoms with Crippen LogP contribution in [0.4, 0.5) is 10.5 Å². The Kier molecular flexibility index (Phi) is 6.75. The maximum absolute atomic E-state index is 11.4. The van der Waals surface area contributed by atoms with Crippen LogP contribution >= 0.6 is 0 Å². The zero-order valence-electron chi connectivity index (χ0n) is 16.9. The minimum absolute atomic E-state index is 0.112. The molecule has 7 nitrogen and oxygen atoms in total. The highest BCUT2D eigenvalue weighted by Gasteiger charge is 2.12. The Hall–Kier alpha value is -3.74. The molecular weight excluding hydrogens is 384 g/mol. The summed E-state index contributed by atoms with van der Waals surface area (Å²) in [6, 6.07) is 18.2. The van der Waals surface area contributed by atoms with Crippen LogP contribution < -0.4 is 10.1 Å². The number of rotatable bonds is 8. The highest BCUT2D eigenvalue weighted by Crippen LogP contribution is 2.24. The van der Waals surface area contributed by atoms with E-state index in [0.29, 0.717) is 12.2 Å². The van der Waals surface area contributed by atoms with E-state index in [9.17, 15) is 9.59 Å². The van der Waals surface area contributed by atoms with Crippen molar-refractivity contribution in [3.05, 3.63) is 71.9 Å². The number of nitrogens with one attached hydrogen (secondary N) is 1. The normalized spacial score (nSPS) is 10.5. The molecule has 0 amide bonds. The highest BCUT2D eigenvalue weighted by atomic mass is 16.7. The van der Waals surface area contributed by atoms with E-state index in [4.69, 9.17) is 9.84 Å². The number of benzene rings is 2. The molecule has 0 aliphatic heterocycles. The monoisotopic (exact) mass is 408 g/mol.